The lowest BCUT2D eigenvalue weighted by atomic mass is 9.94. The molecular weight excluding hydrogens is 200 g/mol. The number of hydrogen-bond donors (Lipinski definition) is 2. The van der Waals surface area contributed by atoms with Gasteiger partial charge in [0.15, 0.2) is 0 Å². The third kappa shape index (κ3) is 3.32. The van der Waals surface area contributed by atoms with Crippen LogP contribution in [0.3, 0.4) is 0 Å². The molecule has 2 nitrogen and oxygen atoms in total. The van der Waals surface area contributed by atoms with E-state index in [0.29, 0.717) is 0 Å². The van der Waals surface area contributed by atoms with Crippen LogP contribution in [0.1, 0.15) is 44.4 Å². The van der Waals surface area contributed by atoms with Gasteiger partial charge >= 0.3 is 0 Å². The Balaban J connectivity index is 2.82. The second-order valence-electron chi connectivity index (χ2n) is 4.67. The Morgan fingerprint density at radius 1 is 1.19 bits per heavy atom. The van der Waals surface area contributed by atoms with Gasteiger partial charge in [0.25, 0.3) is 0 Å². The summed E-state index contributed by atoms with van der Waals surface area (Å²) in [4.78, 5) is 0. The molecule has 0 aliphatic rings. The lowest BCUT2D eigenvalue weighted by Crippen LogP contribution is -2.23. The Hall–Kier alpha value is -0.860. The van der Waals surface area contributed by atoms with Crippen molar-refractivity contribution in [3.63, 3.8) is 0 Å². The molecule has 0 heterocycles. The fourth-order valence-corrected chi connectivity index (χ4v) is 1.78. The summed E-state index contributed by atoms with van der Waals surface area (Å²) >= 11 is 0. The maximum absolute atomic E-state index is 10.0. The molecule has 0 fully saturated rings. The van der Waals surface area contributed by atoms with Gasteiger partial charge in [0.05, 0.1) is 6.10 Å². The van der Waals surface area contributed by atoms with Crippen molar-refractivity contribution in [2.24, 2.45) is 5.92 Å². The highest BCUT2D eigenvalue weighted by molar-refractivity contribution is 5.26. The van der Waals surface area contributed by atoms with Crippen LogP contribution in [0.4, 0.5) is 0 Å². The zero-order valence-electron chi connectivity index (χ0n) is 10.4. The van der Waals surface area contributed by atoms with Crippen molar-refractivity contribution in [3.8, 4) is 0 Å². The SMILES string of the molecule is CCCc1cccc(C(O)C(O)C(C)C)c1. The number of hydrogen-bond acceptors (Lipinski definition) is 2. The summed E-state index contributed by atoms with van der Waals surface area (Å²) in [6, 6.07) is 7.85. The van der Waals surface area contributed by atoms with E-state index in [1.807, 2.05) is 32.0 Å². The topological polar surface area (TPSA) is 40.5 Å². The molecule has 0 aromatic heterocycles. The van der Waals surface area contributed by atoms with Crippen molar-refractivity contribution in [1.82, 2.24) is 0 Å². The maximum atomic E-state index is 10.0. The average molecular weight is 222 g/mol. The van der Waals surface area contributed by atoms with Crippen LogP contribution in [-0.2, 0) is 6.42 Å². The summed E-state index contributed by atoms with van der Waals surface area (Å²) in [5.41, 5.74) is 2.03. The van der Waals surface area contributed by atoms with Crippen molar-refractivity contribution in [2.75, 3.05) is 0 Å². The van der Waals surface area contributed by atoms with Crippen LogP contribution in [0.2, 0.25) is 0 Å². The fourth-order valence-electron chi connectivity index (χ4n) is 1.78. The van der Waals surface area contributed by atoms with Gasteiger partial charge < -0.3 is 10.2 Å². The van der Waals surface area contributed by atoms with E-state index in [1.165, 1.54) is 5.56 Å². The minimum atomic E-state index is -0.781. The molecule has 1 rings (SSSR count). The predicted octanol–water partition coefficient (Wildman–Crippen LogP) is 2.69. The summed E-state index contributed by atoms with van der Waals surface area (Å²) in [5.74, 6) is 0.0600. The van der Waals surface area contributed by atoms with Gasteiger partial charge in [-0.05, 0) is 23.5 Å². The standard InChI is InChI=1S/C14H22O2/c1-4-6-11-7-5-8-12(9-11)14(16)13(15)10(2)3/h5,7-10,13-16H,4,6H2,1-3H3. The Labute approximate surface area is 97.9 Å². The Morgan fingerprint density at radius 2 is 1.88 bits per heavy atom. The number of aliphatic hydroxyl groups excluding tert-OH is 2. The summed E-state index contributed by atoms with van der Waals surface area (Å²) < 4.78 is 0. The van der Waals surface area contributed by atoms with Gasteiger partial charge in [-0.1, -0.05) is 51.5 Å². The smallest absolute Gasteiger partial charge is 0.105 e. The monoisotopic (exact) mass is 222 g/mol. The molecule has 2 unspecified atom stereocenters. The van der Waals surface area contributed by atoms with E-state index in [0.717, 1.165) is 18.4 Å². The summed E-state index contributed by atoms with van der Waals surface area (Å²) in [6.07, 6.45) is 0.624. The highest BCUT2D eigenvalue weighted by atomic mass is 16.3. The van der Waals surface area contributed by atoms with Gasteiger partial charge in [-0.2, -0.15) is 0 Å². The molecule has 0 saturated heterocycles. The molecule has 0 bridgehead atoms. The summed E-state index contributed by atoms with van der Waals surface area (Å²) in [7, 11) is 0. The molecule has 1 aromatic carbocycles. The molecule has 0 aliphatic carbocycles. The molecular formula is C14H22O2. The number of aryl methyl sites for hydroxylation is 1. The summed E-state index contributed by atoms with van der Waals surface area (Å²) in [5, 5.41) is 19.8. The van der Waals surface area contributed by atoms with Crippen LogP contribution >= 0.6 is 0 Å². The Kier molecular flexibility index (Phi) is 4.97. The van der Waals surface area contributed by atoms with Gasteiger partial charge in [-0.15, -0.1) is 0 Å². The maximum Gasteiger partial charge on any atom is 0.105 e. The van der Waals surface area contributed by atoms with Crippen LogP contribution in [0.15, 0.2) is 24.3 Å². The molecule has 90 valence electrons. The molecule has 2 heteroatoms. The summed E-state index contributed by atoms with van der Waals surface area (Å²) in [6.45, 7) is 5.94. The second kappa shape index (κ2) is 6.02. The van der Waals surface area contributed by atoms with Crippen molar-refractivity contribution < 1.29 is 10.2 Å². The minimum absolute atomic E-state index is 0.0600. The molecule has 0 amide bonds. The van der Waals surface area contributed by atoms with E-state index >= 15 is 0 Å². The molecule has 0 radical (unpaired) electrons. The molecule has 2 N–H and O–H groups in total. The van der Waals surface area contributed by atoms with E-state index in [9.17, 15) is 10.2 Å². The number of aliphatic hydroxyl groups is 2. The predicted molar refractivity (Wildman–Crippen MR) is 66.2 cm³/mol. The lowest BCUT2D eigenvalue weighted by molar-refractivity contribution is -0.00942. The highest BCUT2D eigenvalue weighted by Crippen LogP contribution is 2.22. The van der Waals surface area contributed by atoms with Crippen LogP contribution in [0, 0.1) is 5.92 Å². The number of rotatable bonds is 5. The van der Waals surface area contributed by atoms with E-state index in [1.54, 1.807) is 0 Å². The van der Waals surface area contributed by atoms with Gasteiger partial charge in [0.1, 0.15) is 6.10 Å². The third-order valence-electron chi connectivity index (χ3n) is 2.84. The van der Waals surface area contributed by atoms with E-state index in [-0.39, 0.29) is 5.92 Å². The molecule has 1 aromatic rings. The van der Waals surface area contributed by atoms with Gasteiger partial charge in [-0.25, -0.2) is 0 Å². The van der Waals surface area contributed by atoms with E-state index < -0.39 is 12.2 Å². The molecule has 0 saturated carbocycles. The van der Waals surface area contributed by atoms with Crippen molar-refractivity contribution >= 4 is 0 Å². The zero-order chi connectivity index (χ0) is 12.1. The third-order valence-corrected chi connectivity index (χ3v) is 2.84. The molecule has 2 atom stereocenters. The highest BCUT2D eigenvalue weighted by Gasteiger charge is 2.21. The van der Waals surface area contributed by atoms with Crippen LogP contribution in [-0.4, -0.2) is 16.3 Å². The van der Waals surface area contributed by atoms with Gasteiger partial charge in [-0.3, -0.25) is 0 Å². The average Bonchev–Trinajstić information content (AvgIpc) is 2.28. The Bertz CT molecular complexity index is 320. The first-order chi connectivity index (χ1) is 7.56. The van der Waals surface area contributed by atoms with Crippen LogP contribution in [0.25, 0.3) is 0 Å². The second-order valence-corrected chi connectivity index (χ2v) is 4.67. The fraction of sp³-hybridized carbons (Fsp3) is 0.571. The lowest BCUT2D eigenvalue weighted by Gasteiger charge is -2.21. The van der Waals surface area contributed by atoms with Crippen molar-refractivity contribution in [3.05, 3.63) is 35.4 Å². The van der Waals surface area contributed by atoms with Crippen molar-refractivity contribution in [1.29, 1.82) is 0 Å². The van der Waals surface area contributed by atoms with Crippen LogP contribution in [0.5, 0.6) is 0 Å². The normalized spacial score (nSPS) is 15.1. The van der Waals surface area contributed by atoms with Crippen LogP contribution < -0.4 is 0 Å². The largest absolute Gasteiger partial charge is 0.390 e. The van der Waals surface area contributed by atoms with Gasteiger partial charge in [0, 0.05) is 0 Å². The minimum Gasteiger partial charge on any atom is -0.390 e. The first-order valence-electron chi connectivity index (χ1n) is 6.01. The van der Waals surface area contributed by atoms with Gasteiger partial charge in [0.2, 0.25) is 0 Å². The zero-order valence-corrected chi connectivity index (χ0v) is 10.4. The molecule has 16 heavy (non-hydrogen) atoms. The molecule has 0 spiro atoms. The Morgan fingerprint density at radius 3 is 2.44 bits per heavy atom. The quantitative estimate of drug-likeness (QED) is 0.804. The first kappa shape index (κ1) is 13.2. The van der Waals surface area contributed by atoms with E-state index in [4.69, 9.17) is 0 Å². The van der Waals surface area contributed by atoms with E-state index in [2.05, 4.69) is 13.0 Å². The first-order valence-corrected chi connectivity index (χ1v) is 6.01. The van der Waals surface area contributed by atoms with Crippen molar-refractivity contribution in [2.45, 2.75) is 45.8 Å². The number of benzene rings is 1. The molecule has 0 aliphatic heterocycles.